The molecule has 140 valence electrons. The minimum Gasteiger partial charge on any atom is -0.348 e. The van der Waals surface area contributed by atoms with Crippen molar-refractivity contribution in [3.8, 4) is 5.69 Å². The van der Waals surface area contributed by atoms with E-state index in [-0.39, 0.29) is 12.1 Å². The topological polar surface area (TPSA) is 46.9 Å². The summed E-state index contributed by atoms with van der Waals surface area (Å²) < 4.78 is 53.6. The van der Waals surface area contributed by atoms with Gasteiger partial charge < -0.3 is 9.88 Å². The number of hydrogen-bond acceptors (Lipinski definition) is 2. The Labute approximate surface area is 152 Å². The Morgan fingerprint density at radius 1 is 1.15 bits per heavy atom. The first-order valence-electron chi connectivity index (χ1n) is 8.00. The number of carbonyl (C=O) groups excluding carboxylic acids is 1. The summed E-state index contributed by atoms with van der Waals surface area (Å²) in [6.45, 7) is 1.79. The number of nitrogens with zero attached hydrogens (tertiary/aromatic N) is 2. The average molecular weight is 377 g/mol. The van der Waals surface area contributed by atoms with Gasteiger partial charge in [0.15, 0.2) is 0 Å². The average Bonchev–Trinajstić information content (AvgIpc) is 3.05. The lowest BCUT2D eigenvalue weighted by Crippen LogP contribution is -2.23. The largest absolute Gasteiger partial charge is 0.416 e. The Hall–Kier alpha value is -3.16. The van der Waals surface area contributed by atoms with Gasteiger partial charge in [0.25, 0.3) is 5.91 Å². The van der Waals surface area contributed by atoms with E-state index in [0.29, 0.717) is 17.1 Å². The highest BCUT2D eigenvalue weighted by Gasteiger charge is 2.30. The molecule has 27 heavy (non-hydrogen) atoms. The van der Waals surface area contributed by atoms with Crippen molar-refractivity contribution in [3.05, 3.63) is 83.2 Å². The molecule has 0 atom stereocenters. The van der Waals surface area contributed by atoms with Crippen molar-refractivity contribution >= 4 is 5.91 Å². The predicted molar refractivity (Wildman–Crippen MR) is 90.9 cm³/mol. The van der Waals surface area contributed by atoms with Crippen LogP contribution < -0.4 is 5.32 Å². The van der Waals surface area contributed by atoms with Gasteiger partial charge in [0.2, 0.25) is 0 Å². The molecule has 8 heteroatoms. The number of carbonyl (C=O) groups is 1. The monoisotopic (exact) mass is 377 g/mol. The molecular formula is C19H15F4N3O. The normalized spacial score (nSPS) is 11.4. The fourth-order valence-corrected chi connectivity index (χ4v) is 2.58. The van der Waals surface area contributed by atoms with Crippen LogP contribution in [0.1, 0.15) is 27.3 Å². The molecule has 0 unspecified atom stereocenters. The second-order valence-electron chi connectivity index (χ2n) is 5.89. The van der Waals surface area contributed by atoms with Crippen LogP contribution in [0.3, 0.4) is 0 Å². The minimum atomic E-state index is -4.46. The third-order valence-corrected chi connectivity index (χ3v) is 4.02. The number of aryl methyl sites for hydroxylation is 1. The van der Waals surface area contributed by atoms with E-state index in [1.807, 2.05) is 0 Å². The van der Waals surface area contributed by atoms with E-state index < -0.39 is 23.5 Å². The molecule has 3 aromatic rings. The first-order chi connectivity index (χ1) is 12.8. The number of rotatable bonds is 4. The van der Waals surface area contributed by atoms with E-state index in [4.69, 9.17) is 0 Å². The second-order valence-corrected chi connectivity index (χ2v) is 5.89. The molecular weight excluding hydrogens is 362 g/mol. The Balaban J connectivity index is 1.67. The summed E-state index contributed by atoms with van der Waals surface area (Å²) in [6.07, 6.45) is -1.26. The Kier molecular flexibility index (Phi) is 4.98. The van der Waals surface area contributed by atoms with Crippen LogP contribution in [0.5, 0.6) is 0 Å². The molecule has 0 aliphatic carbocycles. The fourth-order valence-electron chi connectivity index (χ4n) is 2.58. The fraction of sp³-hybridized carbons (Fsp3) is 0.158. The summed E-state index contributed by atoms with van der Waals surface area (Å²) >= 11 is 0. The van der Waals surface area contributed by atoms with E-state index in [9.17, 15) is 22.4 Å². The predicted octanol–water partition coefficient (Wildman–Crippen LogP) is 4.27. The molecule has 0 saturated carbocycles. The lowest BCUT2D eigenvalue weighted by molar-refractivity contribution is -0.137. The molecule has 0 bridgehead atoms. The van der Waals surface area contributed by atoms with Crippen molar-refractivity contribution in [1.82, 2.24) is 14.9 Å². The zero-order valence-electron chi connectivity index (χ0n) is 14.2. The van der Waals surface area contributed by atoms with Crippen LogP contribution in [0.2, 0.25) is 0 Å². The Bertz CT molecular complexity index is 962. The van der Waals surface area contributed by atoms with Gasteiger partial charge in [0, 0.05) is 24.5 Å². The molecule has 1 N–H and O–H groups in total. The maximum atomic E-state index is 14.3. The van der Waals surface area contributed by atoms with Crippen LogP contribution in [-0.2, 0) is 12.7 Å². The first kappa shape index (κ1) is 18.6. The molecule has 1 amide bonds. The molecule has 0 aliphatic rings. The number of alkyl halides is 3. The van der Waals surface area contributed by atoms with Gasteiger partial charge in [-0.3, -0.25) is 4.79 Å². The molecule has 1 heterocycles. The quantitative estimate of drug-likeness (QED) is 0.691. The zero-order valence-corrected chi connectivity index (χ0v) is 14.2. The Morgan fingerprint density at radius 3 is 2.41 bits per heavy atom. The van der Waals surface area contributed by atoms with Gasteiger partial charge in [-0.1, -0.05) is 6.07 Å². The van der Waals surface area contributed by atoms with Crippen molar-refractivity contribution in [1.29, 1.82) is 0 Å². The standard InChI is InChI=1S/C19H15F4N3O/c1-12-24-8-9-26(12)17-7-2-13(10-16(17)20)11-25-18(27)14-3-5-15(6-4-14)19(21,22)23/h2-10H,11H2,1H3,(H,25,27). The second kappa shape index (κ2) is 7.22. The van der Waals surface area contributed by atoms with E-state index in [0.717, 1.165) is 24.3 Å². The van der Waals surface area contributed by atoms with Gasteiger partial charge in [-0.2, -0.15) is 13.2 Å². The van der Waals surface area contributed by atoms with E-state index >= 15 is 0 Å². The molecule has 2 aromatic carbocycles. The van der Waals surface area contributed by atoms with E-state index in [2.05, 4.69) is 10.3 Å². The van der Waals surface area contributed by atoms with Gasteiger partial charge in [-0.15, -0.1) is 0 Å². The lowest BCUT2D eigenvalue weighted by Gasteiger charge is -2.10. The van der Waals surface area contributed by atoms with Crippen LogP contribution in [0, 0.1) is 12.7 Å². The van der Waals surface area contributed by atoms with Gasteiger partial charge in [0.1, 0.15) is 11.6 Å². The molecule has 0 spiro atoms. The Morgan fingerprint density at radius 2 is 1.85 bits per heavy atom. The van der Waals surface area contributed by atoms with Gasteiger partial charge in [-0.05, 0) is 48.9 Å². The van der Waals surface area contributed by atoms with E-state index in [1.54, 1.807) is 36.0 Å². The van der Waals surface area contributed by atoms with E-state index in [1.165, 1.54) is 6.07 Å². The van der Waals surface area contributed by atoms with Crippen molar-refractivity contribution in [2.24, 2.45) is 0 Å². The zero-order chi connectivity index (χ0) is 19.6. The molecule has 0 radical (unpaired) electrons. The third-order valence-electron chi connectivity index (χ3n) is 4.02. The molecule has 0 aliphatic heterocycles. The number of aromatic nitrogens is 2. The summed E-state index contributed by atoms with van der Waals surface area (Å²) in [5, 5.41) is 2.56. The lowest BCUT2D eigenvalue weighted by atomic mass is 10.1. The highest BCUT2D eigenvalue weighted by molar-refractivity contribution is 5.94. The number of hydrogen-bond donors (Lipinski definition) is 1. The smallest absolute Gasteiger partial charge is 0.348 e. The molecule has 0 fully saturated rings. The third kappa shape index (κ3) is 4.16. The van der Waals surface area contributed by atoms with Gasteiger partial charge in [0.05, 0.1) is 11.3 Å². The van der Waals surface area contributed by atoms with Crippen molar-refractivity contribution in [2.45, 2.75) is 19.6 Å². The summed E-state index contributed by atoms with van der Waals surface area (Å²) in [5.41, 5.74) is 0.123. The SMILES string of the molecule is Cc1nccn1-c1ccc(CNC(=O)c2ccc(C(F)(F)F)cc2)cc1F. The van der Waals surface area contributed by atoms with Crippen molar-refractivity contribution < 1.29 is 22.4 Å². The van der Waals surface area contributed by atoms with Gasteiger partial charge >= 0.3 is 6.18 Å². The number of amides is 1. The highest BCUT2D eigenvalue weighted by Crippen LogP contribution is 2.29. The molecule has 4 nitrogen and oxygen atoms in total. The number of imidazole rings is 1. The van der Waals surface area contributed by atoms with Crippen LogP contribution in [0.4, 0.5) is 17.6 Å². The van der Waals surface area contributed by atoms with Crippen molar-refractivity contribution in [2.75, 3.05) is 0 Å². The van der Waals surface area contributed by atoms with Crippen LogP contribution >= 0.6 is 0 Å². The summed E-state index contributed by atoms with van der Waals surface area (Å²) in [4.78, 5) is 16.1. The molecule has 3 rings (SSSR count). The first-order valence-corrected chi connectivity index (χ1v) is 8.00. The highest BCUT2D eigenvalue weighted by atomic mass is 19.4. The number of benzene rings is 2. The van der Waals surface area contributed by atoms with Crippen LogP contribution in [-0.4, -0.2) is 15.5 Å². The summed E-state index contributed by atoms with van der Waals surface area (Å²) in [6, 6.07) is 8.41. The van der Waals surface area contributed by atoms with Crippen LogP contribution in [0.25, 0.3) is 5.69 Å². The minimum absolute atomic E-state index is 0.0416. The molecule has 0 saturated heterocycles. The number of halogens is 4. The maximum absolute atomic E-state index is 14.3. The van der Waals surface area contributed by atoms with Gasteiger partial charge in [-0.25, -0.2) is 9.37 Å². The van der Waals surface area contributed by atoms with Crippen molar-refractivity contribution in [3.63, 3.8) is 0 Å². The molecule has 1 aromatic heterocycles. The van der Waals surface area contributed by atoms with Crippen LogP contribution in [0.15, 0.2) is 54.9 Å². The summed E-state index contributed by atoms with van der Waals surface area (Å²) in [7, 11) is 0. The summed E-state index contributed by atoms with van der Waals surface area (Å²) in [5.74, 6) is -0.381. The number of nitrogens with one attached hydrogen (secondary N) is 1. The maximum Gasteiger partial charge on any atom is 0.416 e.